The van der Waals surface area contributed by atoms with E-state index in [4.69, 9.17) is 5.11 Å². The van der Waals surface area contributed by atoms with E-state index in [0.29, 0.717) is 31.6 Å². The summed E-state index contributed by atoms with van der Waals surface area (Å²) in [6, 6.07) is 0.935. The van der Waals surface area contributed by atoms with Crippen molar-refractivity contribution in [3.05, 3.63) is 0 Å². The van der Waals surface area contributed by atoms with Crippen molar-refractivity contribution < 1.29 is 14.7 Å². The van der Waals surface area contributed by atoms with E-state index in [1.807, 2.05) is 0 Å². The van der Waals surface area contributed by atoms with Gasteiger partial charge in [-0.2, -0.15) is 0 Å². The summed E-state index contributed by atoms with van der Waals surface area (Å²) in [5.41, 5.74) is 0. The molecule has 0 spiro atoms. The van der Waals surface area contributed by atoms with Gasteiger partial charge < -0.3 is 10.4 Å². The molecule has 5 heteroatoms. The molecule has 0 saturated carbocycles. The molecule has 0 radical (unpaired) electrons. The van der Waals surface area contributed by atoms with Crippen LogP contribution in [0.3, 0.4) is 0 Å². The molecule has 1 saturated heterocycles. The van der Waals surface area contributed by atoms with Crippen LogP contribution in [0, 0.1) is 0 Å². The van der Waals surface area contributed by atoms with E-state index in [-0.39, 0.29) is 12.3 Å². The summed E-state index contributed by atoms with van der Waals surface area (Å²) in [5.74, 6) is -0.822. The molecule has 1 amide bonds. The first kappa shape index (κ1) is 14.0. The lowest BCUT2D eigenvalue weighted by Gasteiger charge is -2.24. The van der Waals surface area contributed by atoms with Gasteiger partial charge in [0, 0.05) is 25.0 Å². The number of nitrogens with one attached hydrogen (secondary N) is 1. The van der Waals surface area contributed by atoms with E-state index in [2.05, 4.69) is 24.1 Å². The Morgan fingerprint density at radius 3 is 2.41 bits per heavy atom. The maximum atomic E-state index is 11.6. The molecule has 1 fully saturated rings. The van der Waals surface area contributed by atoms with Gasteiger partial charge in [0.25, 0.3) is 0 Å². The Balaban J connectivity index is 2.18. The average Bonchev–Trinajstić information content (AvgIpc) is 2.56. The summed E-state index contributed by atoms with van der Waals surface area (Å²) >= 11 is 0. The predicted octanol–water partition coefficient (Wildman–Crippen LogP) is 0.840. The van der Waals surface area contributed by atoms with Crippen LogP contribution < -0.4 is 5.32 Å². The Hall–Kier alpha value is -1.10. The second-order valence-electron chi connectivity index (χ2n) is 4.79. The zero-order chi connectivity index (χ0) is 12.8. The molecule has 17 heavy (non-hydrogen) atoms. The third kappa shape index (κ3) is 4.73. The van der Waals surface area contributed by atoms with Crippen LogP contribution in [-0.2, 0) is 9.59 Å². The normalized spacial score (nSPS) is 24.8. The van der Waals surface area contributed by atoms with Gasteiger partial charge in [0.1, 0.15) is 0 Å². The van der Waals surface area contributed by atoms with Crippen molar-refractivity contribution in [1.82, 2.24) is 10.2 Å². The van der Waals surface area contributed by atoms with Crippen molar-refractivity contribution in [2.45, 2.75) is 51.6 Å². The highest BCUT2D eigenvalue weighted by molar-refractivity contribution is 5.78. The lowest BCUT2D eigenvalue weighted by molar-refractivity contribution is -0.137. The van der Waals surface area contributed by atoms with Crippen LogP contribution in [0.1, 0.15) is 39.5 Å². The van der Waals surface area contributed by atoms with Crippen LogP contribution in [0.4, 0.5) is 0 Å². The second kappa shape index (κ2) is 6.59. The number of amides is 1. The molecule has 0 aromatic carbocycles. The molecule has 2 unspecified atom stereocenters. The number of carbonyl (C=O) groups excluding carboxylic acids is 1. The number of hydrogen-bond acceptors (Lipinski definition) is 3. The van der Waals surface area contributed by atoms with Gasteiger partial charge in [0.2, 0.25) is 5.91 Å². The predicted molar refractivity (Wildman–Crippen MR) is 64.7 cm³/mol. The van der Waals surface area contributed by atoms with Crippen LogP contribution in [0.2, 0.25) is 0 Å². The fourth-order valence-corrected chi connectivity index (χ4v) is 2.25. The smallest absolute Gasteiger partial charge is 0.303 e. The summed E-state index contributed by atoms with van der Waals surface area (Å²) < 4.78 is 0. The van der Waals surface area contributed by atoms with Crippen LogP contribution in [0.15, 0.2) is 0 Å². The lowest BCUT2D eigenvalue weighted by atomic mass is 10.2. The molecule has 0 bridgehead atoms. The molecule has 2 N–H and O–H groups in total. The van der Waals surface area contributed by atoms with Gasteiger partial charge in [0.05, 0.1) is 6.54 Å². The number of carboxylic acids is 1. The summed E-state index contributed by atoms with van der Waals surface area (Å²) in [7, 11) is 0. The largest absolute Gasteiger partial charge is 0.481 e. The van der Waals surface area contributed by atoms with Crippen molar-refractivity contribution in [2.24, 2.45) is 0 Å². The number of aliphatic carboxylic acids is 1. The number of nitrogens with zero attached hydrogens (tertiary/aromatic N) is 1. The lowest BCUT2D eigenvalue weighted by Crippen LogP contribution is -2.42. The standard InChI is InChI=1S/C12H22N2O3/c1-9-5-6-10(2)14(9)8-11(15)13-7-3-4-12(16)17/h9-10H,3-8H2,1-2H3,(H,13,15)(H,16,17). The molecule has 1 aliphatic rings. The van der Waals surface area contributed by atoms with E-state index in [9.17, 15) is 9.59 Å². The first-order valence-corrected chi connectivity index (χ1v) is 6.25. The highest BCUT2D eigenvalue weighted by atomic mass is 16.4. The Labute approximate surface area is 102 Å². The minimum absolute atomic E-state index is 0.00371. The molecule has 1 aliphatic heterocycles. The zero-order valence-corrected chi connectivity index (χ0v) is 10.6. The first-order valence-electron chi connectivity index (χ1n) is 6.25. The molecule has 1 rings (SSSR count). The minimum atomic E-state index is -0.818. The molecule has 0 aromatic rings. The van der Waals surface area contributed by atoms with E-state index in [1.54, 1.807) is 0 Å². The minimum Gasteiger partial charge on any atom is -0.481 e. The van der Waals surface area contributed by atoms with Crippen molar-refractivity contribution >= 4 is 11.9 Å². The van der Waals surface area contributed by atoms with E-state index >= 15 is 0 Å². The van der Waals surface area contributed by atoms with E-state index < -0.39 is 5.97 Å². The van der Waals surface area contributed by atoms with Gasteiger partial charge >= 0.3 is 5.97 Å². The Kier molecular flexibility index (Phi) is 5.41. The van der Waals surface area contributed by atoms with Gasteiger partial charge in [-0.15, -0.1) is 0 Å². The average molecular weight is 242 g/mol. The van der Waals surface area contributed by atoms with Crippen LogP contribution in [0.25, 0.3) is 0 Å². The van der Waals surface area contributed by atoms with Crippen molar-refractivity contribution in [3.63, 3.8) is 0 Å². The SMILES string of the molecule is CC1CCC(C)N1CC(=O)NCCCC(=O)O. The number of carboxylic acid groups (broad SMARTS) is 1. The quantitative estimate of drug-likeness (QED) is 0.677. The Morgan fingerprint density at radius 1 is 1.29 bits per heavy atom. The molecule has 0 aliphatic carbocycles. The fraction of sp³-hybridized carbons (Fsp3) is 0.833. The first-order chi connectivity index (χ1) is 8.00. The zero-order valence-electron chi connectivity index (χ0n) is 10.6. The van der Waals surface area contributed by atoms with Crippen LogP contribution in [0.5, 0.6) is 0 Å². The molecule has 2 atom stereocenters. The summed E-state index contributed by atoms with van der Waals surface area (Å²) in [4.78, 5) is 24.1. The molecule has 5 nitrogen and oxygen atoms in total. The third-order valence-corrected chi connectivity index (χ3v) is 3.35. The Bertz CT molecular complexity index is 271. The molecule has 0 aromatic heterocycles. The van der Waals surface area contributed by atoms with Crippen LogP contribution >= 0.6 is 0 Å². The van der Waals surface area contributed by atoms with Gasteiger partial charge in [-0.3, -0.25) is 14.5 Å². The fourth-order valence-electron chi connectivity index (χ4n) is 2.25. The van der Waals surface area contributed by atoms with Crippen molar-refractivity contribution in [2.75, 3.05) is 13.1 Å². The number of likely N-dealkylation sites (tertiary alicyclic amines) is 1. The Morgan fingerprint density at radius 2 is 1.88 bits per heavy atom. The maximum absolute atomic E-state index is 11.6. The third-order valence-electron chi connectivity index (χ3n) is 3.35. The van der Waals surface area contributed by atoms with Gasteiger partial charge in [-0.05, 0) is 33.1 Å². The highest BCUT2D eigenvalue weighted by Crippen LogP contribution is 2.22. The van der Waals surface area contributed by atoms with Gasteiger partial charge in [0.15, 0.2) is 0 Å². The highest BCUT2D eigenvalue weighted by Gasteiger charge is 2.28. The van der Waals surface area contributed by atoms with E-state index in [0.717, 1.165) is 12.8 Å². The second-order valence-corrected chi connectivity index (χ2v) is 4.79. The molecule has 1 heterocycles. The van der Waals surface area contributed by atoms with Crippen LogP contribution in [-0.4, -0.2) is 47.1 Å². The summed E-state index contributed by atoms with van der Waals surface area (Å²) in [6.45, 7) is 5.15. The summed E-state index contributed by atoms with van der Waals surface area (Å²) in [6.07, 6.45) is 2.89. The molecule has 98 valence electrons. The number of hydrogen-bond donors (Lipinski definition) is 2. The van der Waals surface area contributed by atoms with Gasteiger partial charge in [-0.1, -0.05) is 0 Å². The topological polar surface area (TPSA) is 69.6 Å². The molecular weight excluding hydrogens is 220 g/mol. The maximum Gasteiger partial charge on any atom is 0.303 e. The number of carbonyl (C=O) groups is 2. The molecular formula is C12H22N2O3. The summed E-state index contributed by atoms with van der Waals surface area (Å²) in [5, 5.41) is 11.2. The van der Waals surface area contributed by atoms with Crippen molar-refractivity contribution in [1.29, 1.82) is 0 Å². The number of rotatable bonds is 6. The van der Waals surface area contributed by atoms with Gasteiger partial charge in [-0.25, -0.2) is 0 Å². The van der Waals surface area contributed by atoms with E-state index in [1.165, 1.54) is 0 Å². The van der Waals surface area contributed by atoms with Crippen molar-refractivity contribution in [3.8, 4) is 0 Å². The monoisotopic (exact) mass is 242 g/mol.